The summed E-state index contributed by atoms with van der Waals surface area (Å²) in [6.45, 7) is 0. The van der Waals surface area contributed by atoms with Crippen LogP contribution in [0.5, 0.6) is 0 Å². The summed E-state index contributed by atoms with van der Waals surface area (Å²) < 4.78 is 11.6. The van der Waals surface area contributed by atoms with Gasteiger partial charge in [-0.05, 0) is 71.3 Å². The van der Waals surface area contributed by atoms with E-state index in [0.29, 0.717) is 5.89 Å². The smallest absolute Gasteiger partial charge is 0.227 e. The minimum Gasteiger partial charge on any atom is -0.436 e. The van der Waals surface area contributed by atoms with E-state index in [1.54, 1.807) is 0 Å². The van der Waals surface area contributed by atoms with E-state index in [1.807, 2.05) is 12.1 Å². The van der Waals surface area contributed by atoms with Gasteiger partial charge in [0.1, 0.15) is 5.52 Å². The maximum atomic E-state index is 6.84. The third kappa shape index (κ3) is 4.66. The van der Waals surface area contributed by atoms with E-state index >= 15 is 0 Å². The molecular weight excluding hydrogens is 647 g/mol. The van der Waals surface area contributed by atoms with Gasteiger partial charge in [0.2, 0.25) is 5.89 Å². The molecule has 0 spiro atoms. The van der Waals surface area contributed by atoms with Gasteiger partial charge in [-0.2, -0.15) is 0 Å². The predicted octanol–water partition coefficient (Wildman–Crippen LogP) is 13.0. The van der Waals surface area contributed by atoms with Gasteiger partial charge in [-0.1, -0.05) is 133 Å². The third-order valence-electron chi connectivity index (χ3n) is 10.5. The van der Waals surface area contributed by atoms with E-state index < -0.39 is 0 Å². The molecule has 11 aromatic rings. The average molecular weight is 678 g/mol. The highest BCUT2D eigenvalue weighted by atomic mass is 16.3. The summed E-state index contributed by atoms with van der Waals surface area (Å²) in [5.74, 6) is 0.576. The lowest BCUT2D eigenvalue weighted by molar-refractivity contribution is 0.620. The molecule has 0 saturated heterocycles. The van der Waals surface area contributed by atoms with Crippen molar-refractivity contribution in [3.63, 3.8) is 0 Å². The number of benzene rings is 8. The molecule has 0 radical (unpaired) electrons. The first-order chi connectivity index (χ1) is 26.3. The molecule has 0 atom stereocenters. The normalized spacial score (nSPS) is 11.8. The highest BCUT2D eigenvalue weighted by Crippen LogP contribution is 2.40. The van der Waals surface area contributed by atoms with Crippen LogP contribution >= 0.6 is 0 Å². The van der Waals surface area contributed by atoms with Crippen molar-refractivity contribution in [3.05, 3.63) is 188 Å². The van der Waals surface area contributed by atoms with E-state index in [-0.39, 0.29) is 0 Å². The Bertz CT molecular complexity index is 2930. The Kier molecular flexibility index (Phi) is 6.52. The Morgan fingerprint density at radius 3 is 1.28 bits per heavy atom. The minimum atomic E-state index is 0.576. The van der Waals surface area contributed by atoms with Crippen molar-refractivity contribution < 1.29 is 4.42 Å². The predicted molar refractivity (Wildman–Crippen MR) is 219 cm³/mol. The molecule has 0 unspecified atom stereocenters. The van der Waals surface area contributed by atoms with Crippen LogP contribution in [0.3, 0.4) is 0 Å². The van der Waals surface area contributed by atoms with Crippen molar-refractivity contribution in [2.75, 3.05) is 0 Å². The van der Waals surface area contributed by atoms with Gasteiger partial charge in [0.25, 0.3) is 0 Å². The summed E-state index contributed by atoms with van der Waals surface area (Å²) in [6.07, 6.45) is 0. The third-order valence-corrected chi connectivity index (χ3v) is 10.5. The average Bonchev–Trinajstić information content (AvgIpc) is 3.92. The Balaban J connectivity index is 1.22. The van der Waals surface area contributed by atoms with Crippen LogP contribution in [0.2, 0.25) is 0 Å². The van der Waals surface area contributed by atoms with E-state index in [2.05, 4.69) is 185 Å². The maximum absolute atomic E-state index is 6.84. The Hall–Kier alpha value is -7.17. The Morgan fingerprint density at radius 1 is 0.358 bits per heavy atom. The topological polar surface area (TPSA) is 35.9 Å². The molecule has 53 heavy (non-hydrogen) atoms. The van der Waals surface area contributed by atoms with Gasteiger partial charge in [-0.25, -0.2) is 4.98 Å². The van der Waals surface area contributed by atoms with Crippen LogP contribution in [-0.4, -0.2) is 14.1 Å². The summed E-state index contributed by atoms with van der Waals surface area (Å²) in [6, 6.07) is 66.7. The number of aromatic nitrogens is 3. The van der Waals surface area contributed by atoms with Crippen LogP contribution < -0.4 is 0 Å². The first-order valence-corrected chi connectivity index (χ1v) is 18.0. The second kappa shape index (κ2) is 11.7. The molecule has 248 valence electrons. The molecule has 11 rings (SSSR count). The second-order valence-electron chi connectivity index (χ2n) is 13.6. The van der Waals surface area contributed by atoms with Gasteiger partial charge >= 0.3 is 0 Å². The fourth-order valence-corrected chi connectivity index (χ4v) is 8.17. The van der Waals surface area contributed by atoms with Crippen LogP contribution in [0.15, 0.2) is 192 Å². The van der Waals surface area contributed by atoms with Gasteiger partial charge in [0, 0.05) is 44.0 Å². The molecule has 0 saturated carbocycles. The van der Waals surface area contributed by atoms with Crippen LogP contribution in [0.25, 0.3) is 99.8 Å². The molecule has 3 aromatic heterocycles. The largest absolute Gasteiger partial charge is 0.436 e. The number of oxazole rings is 1. The zero-order valence-electron chi connectivity index (χ0n) is 28.6. The zero-order valence-corrected chi connectivity index (χ0v) is 28.6. The first kappa shape index (κ1) is 29.5. The minimum absolute atomic E-state index is 0.576. The molecular formula is C49H31N3O. The molecule has 0 bridgehead atoms. The molecule has 8 aromatic carbocycles. The zero-order chi connectivity index (χ0) is 34.9. The van der Waals surface area contributed by atoms with Crippen LogP contribution in [0.4, 0.5) is 0 Å². The van der Waals surface area contributed by atoms with Crippen molar-refractivity contribution in [1.82, 2.24) is 14.1 Å². The molecule has 0 aliphatic carbocycles. The van der Waals surface area contributed by atoms with Crippen molar-refractivity contribution in [2.45, 2.75) is 0 Å². The molecule has 0 aliphatic rings. The molecule has 3 heterocycles. The number of nitrogens with zero attached hydrogens (tertiary/aromatic N) is 3. The maximum Gasteiger partial charge on any atom is 0.227 e. The van der Waals surface area contributed by atoms with E-state index in [9.17, 15) is 0 Å². The lowest BCUT2D eigenvalue weighted by atomic mass is 9.98. The fourth-order valence-electron chi connectivity index (χ4n) is 8.17. The van der Waals surface area contributed by atoms with Crippen LogP contribution in [-0.2, 0) is 0 Å². The Morgan fingerprint density at radius 2 is 0.792 bits per heavy atom. The lowest BCUT2D eigenvalue weighted by Gasteiger charge is -2.14. The van der Waals surface area contributed by atoms with Crippen molar-refractivity contribution >= 4 is 54.7 Å². The second-order valence-corrected chi connectivity index (χ2v) is 13.6. The number of fused-ring (bicyclic) bond motifs is 7. The molecule has 0 N–H and O–H groups in total. The van der Waals surface area contributed by atoms with Crippen LogP contribution in [0, 0.1) is 0 Å². The summed E-state index contributed by atoms with van der Waals surface area (Å²) in [5.41, 5.74) is 13.5. The van der Waals surface area contributed by atoms with E-state index in [4.69, 9.17) is 9.40 Å². The summed E-state index contributed by atoms with van der Waals surface area (Å²) in [4.78, 5) is 5.30. The number of hydrogen-bond donors (Lipinski definition) is 0. The van der Waals surface area contributed by atoms with Crippen molar-refractivity contribution in [3.8, 4) is 45.1 Å². The SMILES string of the molecule is c1ccc(-c2cc(-c3ccccc3)c3nc(-c4cc(-n5c6ccccc6c6ccccc65)cc(-n5c6ccccc6c6ccccc65)c4)oc3c2)cc1. The molecule has 0 fully saturated rings. The summed E-state index contributed by atoms with van der Waals surface area (Å²) in [7, 11) is 0. The van der Waals surface area contributed by atoms with Gasteiger partial charge < -0.3 is 13.6 Å². The van der Waals surface area contributed by atoms with Gasteiger partial charge in [0.15, 0.2) is 5.58 Å². The van der Waals surface area contributed by atoms with Gasteiger partial charge in [-0.3, -0.25) is 0 Å². The van der Waals surface area contributed by atoms with Gasteiger partial charge in [0.05, 0.1) is 22.1 Å². The molecule has 4 heteroatoms. The molecule has 0 amide bonds. The van der Waals surface area contributed by atoms with Crippen LogP contribution in [0.1, 0.15) is 0 Å². The highest BCUT2D eigenvalue weighted by molar-refractivity contribution is 6.11. The van der Waals surface area contributed by atoms with Crippen molar-refractivity contribution in [1.29, 1.82) is 0 Å². The fraction of sp³-hybridized carbons (Fsp3) is 0. The molecule has 0 aliphatic heterocycles. The summed E-state index contributed by atoms with van der Waals surface area (Å²) >= 11 is 0. The lowest BCUT2D eigenvalue weighted by Crippen LogP contribution is -2.00. The van der Waals surface area contributed by atoms with Gasteiger partial charge in [-0.15, -0.1) is 0 Å². The van der Waals surface area contributed by atoms with E-state index in [0.717, 1.165) is 72.4 Å². The standard InChI is InChI=1S/C49H31N3O/c1-3-15-32(16-4-1)34-29-42(33-17-5-2-6-18-33)48-47(30-34)53-49(50-48)35-27-36(51-43-23-11-7-19-38(43)39-20-8-12-24-44(39)51)31-37(28-35)52-45-25-13-9-21-40(45)41-22-10-14-26-46(41)52/h1-31H. The quantitative estimate of drug-likeness (QED) is 0.182. The Labute approximate surface area is 305 Å². The number of hydrogen-bond acceptors (Lipinski definition) is 2. The number of para-hydroxylation sites is 4. The molecule has 4 nitrogen and oxygen atoms in total. The summed E-state index contributed by atoms with van der Waals surface area (Å²) in [5, 5.41) is 4.87. The highest BCUT2D eigenvalue weighted by Gasteiger charge is 2.20. The van der Waals surface area contributed by atoms with E-state index in [1.165, 1.54) is 21.5 Å². The number of rotatable bonds is 5. The van der Waals surface area contributed by atoms with Crippen molar-refractivity contribution in [2.24, 2.45) is 0 Å². The monoisotopic (exact) mass is 677 g/mol. The first-order valence-electron chi connectivity index (χ1n) is 18.0.